The Kier molecular flexibility index (Phi) is 5.98. The van der Waals surface area contributed by atoms with Crippen LogP contribution in [0.1, 0.15) is 6.42 Å². The molecule has 0 spiro atoms. The van der Waals surface area contributed by atoms with E-state index in [4.69, 9.17) is 20.7 Å². The van der Waals surface area contributed by atoms with Crippen LogP contribution >= 0.6 is 0 Å². The lowest BCUT2D eigenvalue weighted by Crippen LogP contribution is -2.64. The second-order valence-electron chi connectivity index (χ2n) is 4.79. The molecule has 1 rings (SSSR count). The topological polar surface area (TPSA) is 174 Å². The molecule has 1 fully saturated rings. The average Bonchev–Trinajstić information content (AvgIpc) is 2.40. The Labute approximate surface area is 115 Å². The van der Waals surface area contributed by atoms with Gasteiger partial charge in [0.15, 0.2) is 11.6 Å². The molecular formula is C11H20NO8. The number of ketones is 1. The second kappa shape index (κ2) is 6.87. The summed E-state index contributed by atoms with van der Waals surface area (Å²) in [6, 6.07) is -1.14. The number of hydrogen-bond donors (Lipinski definition) is 7. The zero-order chi connectivity index (χ0) is 15.5. The molecule has 117 valence electrons. The maximum absolute atomic E-state index is 11.1. The molecule has 6 atom stereocenters. The van der Waals surface area contributed by atoms with Gasteiger partial charge in [0.1, 0.15) is 24.9 Å². The molecule has 20 heavy (non-hydrogen) atoms. The minimum absolute atomic E-state index is 0.432. The Morgan fingerprint density at radius 1 is 1.45 bits per heavy atom. The van der Waals surface area contributed by atoms with E-state index in [2.05, 4.69) is 0 Å². The van der Waals surface area contributed by atoms with Crippen molar-refractivity contribution < 1.29 is 40.2 Å². The monoisotopic (exact) mass is 294 g/mol. The number of ether oxygens (including phenoxy) is 1. The highest BCUT2D eigenvalue weighted by Gasteiger charge is 2.49. The third kappa shape index (κ3) is 3.93. The summed E-state index contributed by atoms with van der Waals surface area (Å²) in [5.74, 6) is -3.07. The van der Waals surface area contributed by atoms with Crippen molar-refractivity contribution in [3.63, 3.8) is 0 Å². The van der Waals surface area contributed by atoms with Crippen LogP contribution in [0.25, 0.3) is 0 Å². The van der Waals surface area contributed by atoms with Gasteiger partial charge < -0.3 is 41.1 Å². The lowest BCUT2D eigenvalue weighted by atomic mass is 9.88. The molecule has 0 aromatic rings. The molecule has 0 aromatic carbocycles. The minimum Gasteiger partial charge on any atom is -0.394 e. The van der Waals surface area contributed by atoms with E-state index in [0.29, 0.717) is 6.42 Å². The van der Waals surface area contributed by atoms with Crippen LogP contribution in [0.3, 0.4) is 0 Å². The Balaban J connectivity index is 2.86. The zero-order valence-corrected chi connectivity index (χ0v) is 10.7. The van der Waals surface area contributed by atoms with E-state index in [1.165, 1.54) is 0 Å². The maximum Gasteiger partial charge on any atom is 0.179 e. The quantitative estimate of drug-likeness (QED) is 0.255. The van der Waals surface area contributed by atoms with Crippen LogP contribution in [0.2, 0.25) is 0 Å². The van der Waals surface area contributed by atoms with Crippen LogP contribution < -0.4 is 5.73 Å². The van der Waals surface area contributed by atoms with Gasteiger partial charge in [0.05, 0.1) is 25.2 Å². The highest BCUT2D eigenvalue weighted by Crippen LogP contribution is 2.31. The van der Waals surface area contributed by atoms with Gasteiger partial charge in [0, 0.05) is 6.42 Å². The van der Waals surface area contributed by atoms with Crippen LogP contribution in [0.5, 0.6) is 0 Å². The molecule has 1 aliphatic rings. The summed E-state index contributed by atoms with van der Waals surface area (Å²) in [7, 11) is 0. The first-order valence-corrected chi connectivity index (χ1v) is 6.04. The summed E-state index contributed by atoms with van der Waals surface area (Å²) in [6.07, 6.45) is -5.76. The molecule has 0 saturated carbocycles. The van der Waals surface area contributed by atoms with Gasteiger partial charge in [0.2, 0.25) is 0 Å². The van der Waals surface area contributed by atoms with Gasteiger partial charge in [-0.2, -0.15) is 0 Å². The second-order valence-corrected chi connectivity index (χ2v) is 4.79. The Hall–Kier alpha value is -0.650. The van der Waals surface area contributed by atoms with Gasteiger partial charge in [0.25, 0.3) is 0 Å². The first-order chi connectivity index (χ1) is 9.24. The number of Topliss-reactive ketones (excluding diaryl/α,β-unsaturated/α-hetero) is 1. The molecule has 0 amide bonds. The van der Waals surface area contributed by atoms with Gasteiger partial charge in [-0.3, -0.25) is 4.79 Å². The smallest absolute Gasteiger partial charge is 0.179 e. The summed E-state index contributed by atoms with van der Waals surface area (Å²) in [5.41, 5.74) is 5.61. The number of carbonyl (C=O) groups is 1. The van der Waals surface area contributed by atoms with E-state index < -0.39 is 61.7 Å². The highest BCUT2D eigenvalue weighted by atomic mass is 16.6. The van der Waals surface area contributed by atoms with Crippen LogP contribution in [-0.2, 0) is 9.53 Å². The van der Waals surface area contributed by atoms with Gasteiger partial charge in [-0.25, -0.2) is 0 Å². The van der Waals surface area contributed by atoms with Gasteiger partial charge >= 0.3 is 0 Å². The predicted molar refractivity (Wildman–Crippen MR) is 63.9 cm³/mol. The number of rotatable bonds is 6. The Morgan fingerprint density at radius 2 is 2.05 bits per heavy atom. The molecule has 0 unspecified atom stereocenters. The zero-order valence-electron chi connectivity index (χ0n) is 10.7. The lowest BCUT2D eigenvalue weighted by Gasteiger charge is -2.44. The molecule has 1 heterocycles. The van der Waals surface area contributed by atoms with Crippen LogP contribution in [0.4, 0.5) is 0 Å². The largest absolute Gasteiger partial charge is 0.394 e. The summed E-state index contributed by atoms with van der Waals surface area (Å²) >= 11 is 0. The van der Waals surface area contributed by atoms with E-state index in [-0.39, 0.29) is 0 Å². The fraction of sp³-hybridized carbons (Fsp3) is 0.818. The Bertz CT molecular complexity index is 340. The molecule has 9 heteroatoms. The molecule has 9 nitrogen and oxygen atoms in total. The van der Waals surface area contributed by atoms with Crippen molar-refractivity contribution in [3.8, 4) is 0 Å². The van der Waals surface area contributed by atoms with Crippen LogP contribution in [0.15, 0.2) is 0 Å². The average molecular weight is 294 g/mol. The molecule has 8 N–H and O–H groups in total. The standard InChI is InChI=1S/C11H20NO8/c12-8-6(16)2-11(19,1-5(15)3-13)20-10(8)9(18)7(17)4-14/h1,6-10,13-14,16-19H,2-4,12H2/t6-,7+,8+,9+,10+,11+/m0/s1. The van der Waals surface area contributed by atoms with E-state index in [9.17, 15) is 25.2 Å². The van der Waals surface area contributed by atoms with Gasteiger partial charge in [-0.15, -0.1) is 0 Å². The molecule has 0 aromatic heterocycles. The van der Waals surface area contributed by atoms with Gasteiger partial charge in [-0.1, -0.05) is 0 Å². The van der Waals surface area contributed by atoms with Crippen molar-refractivity contribution in [2.75, 3.05) is 13.2 Å². The van der Waals surface area contributed by atoms with Crippen LogP contribution in [-0.4, -0.2) is 85.9 Å². The van der Waals surface area contributed by atoms with Gasteiger partial charge in [-0.05, 0) is 0 Å². The van der Waals surface area contributed by atoms with Crippen molar-refractivity contribution in [1.82, 2.24) is 0 Å². The Morgan fingerprint density at radius 3 is 2.55 bits per heavy atom. The molecular weight excluding hydrogens is 274 g/mol. The lowest BCUT2D eigenvalue weighted by molar-refractivity contribution is -0.281. The first kappa shape index (κ1) is 17.4. The third-order valence-electron chi connectivity index (χ3n) is 3.13. The van der Waals surface area contributed by atoms with E-state index in [0.717, 1.165) is 0 Å². The summed E-state index contributed by atoms with van der Waals surface area (Å²) in [6.45, 7) is -1.64. The highest BCUT2D eigenvalue weighted by molar-refractivity contribution is 5.89. The van der Waals surface area contributed by atoms with Crippen LogP contribution in [0, 0.1) is 6.42 Å². The minimum atomic E-state index is -2.23. The third-order valence-corrected chi connectivity index (χ3v) is 3.13. The maximum atomic E-state index is 11.1. The number of nitrogens with two attached hydrogens (primary N) is 1. The summed E-state index contributed by atoms with van der Waals surface area (Å²) in [4.78, 5) is 11.1. The van der Waals surface area contributed by atoms with Crippen molar-refractivity contribution in [2.24, 2.45) is 5.73 Å². The normalized spacial score (nSPS) is 37.5. The van der Waals surface area contributed by atoms with E-state index >= 15 is 0 Å². The molecule has 1 radical (unpaired) electrons. The van der Waals surface area contributed by atoms with Crippen molar-refractivity contribution >= 4 is 5.78 Å². The van der Waals surface area contributed by atoms with Crippen molar-refractivity contribution in [3.05, 3.63) is 6.42 Å². The molecule has 0 bridgehead atoms. The van der Waals surface area contributed by atoms with Crippen molar-refractivity contribution in [1.29, 1.82) is 0 Å². The molecule has 1 saturated heterocycles. The van der Waals surface area contributed by atoms with E-state index in [1.54, 1.807) is 0 Å². The number of hydrogen-bond acceptors (Lipinski definition) is 9. The number of carbonyl (C=O) groups excluding carboxylic acids is 1. The fourth-order valence-electron chi connectivity index (χ4n) is 2.03. The number of aliphatic hydroxyl groups is 6. The summed E-state index contributed by atoms with van der Waals surface area (Å²) < 4.78 is 5.08. The fourth-order valence-corrected chi connectivity index (χ4v) is 2.03. The van der Waals surface area contributed by atoms with E-state index in [1.807, 2.05) is 0 Å². The first-order valence-electron chi connectivity index (χ1n) is 6.04. The number of aliphatic hydroxyl groups excluding tert-OH is 5. The summed E-state index contributed by atoms with van der Waals surface area (Å²) in [5, 5.41) is 56.4. The molecule has 1 aliphatic heterocycles. The molecule has 0 aliphatic carbocycles. The SMILES string of the molecule is N[C@H]1[C@H]([C@H](O)[C@H](O)CO)O[C@](O)([CH]C(=O)CO)C[C@@H]1O. The predicted octanol–water partition coefficient (Wildman–Crippen LogP) is -4.37. The van der Waals surface area contributed by atoms with Crippen molar-refractivity contribution in [2.45, 2.75) is 42.7 Å².